The Kier molecular flexibility index (Phi) is 5.28. The van der Waals surface area contributed by atoms with Gasteiger partial charge in [-0.25, -0.2) is 4.98 Å². The van der Waals surface area contributed by atoms with Crippen LogP contribution in [0.25, 0.3) is 5.82 Å². The molecule has 4 heterocycles. The summed E-state index contributed by atoms with van der Waals surface area (Å²) in [7, 11) is 0. The molecule has 0 aliphatic carbocycles. The van der Waals surface area contributed by atoms with Crippen LogP contribution in [0.2, 0.25) is 5.02 Å². The number of thiocarbonyl (C=S) groups is 1. The molecular formula is C24H20ClN5OS. The van der Waals surface area contributed by atoms with E-state index in [1.807, 2.05) is 71.2 Å². The van der Waals surface area contributed by atoms with Gasteiger partial charge in [-0.1, -0.05) is 23.7 Å². The van der Waals surface area contributed by atoms with E-state index < -0.39 is 0 Å². The lowest BCUT2D eigenvalue weighted by molar-refractivity contribution is 0.472. The second kappa shape index (κ2) is 8.26. The Morgan fingerprint density at radius 2 is 1.94 bits per heavy atom. The van der Waals surface area contributed by atoms with Crippen LogP contribution >= 0.6 is 23.8 Å². The minimum absolute atomic E-state index is 0.0942. The maximum Gasteiger partial charge on any atom is 0.174 e. The average molecular weight is 462 g/mol. The molecule has 1 aliphatic rings. The van der Waals surface area contributed by atoms with E-state index in [0.717, 1.165) is 22.8 Å². The Bertz CT molecular complexity index is 1280. The molecule has 3 aromatic heterocycles. The van der Waals surface area contributed by atoms with E-state index in [-0.39, 0.29) is 17.8 Å². The second-order valence-corrected chi connectivity index (χ2v) is 8.45. The SMILES string of the molecule is Cc1ccc(-n2cccc2[C@@H]2[C@H](c3ccccn3)NC(=S)N2c2cc(Cl)ccc2O)nc1. The van der Waals surface area contributed by atoms with Gasteiger partial charge in [0.1, 0.15) is 17.6 Å². The van der Waals surface area contributed by atoms with Crippen LogP contribution in [0.4, 0.5) is 5.69 Å². The standard InChI is InChI=1S/C24H20ClN5OS/c1-15-7-10-21(27-14-15)29-12-4-6-18(29)23-22(17-5-2-3-11-26-17)28-24(32)30(23)19-13-16(25)8-9-20(19)31/h2-14,22-23,31H,1H3,(H,28,32)/t22-,23+/m0/s1. The van der Waals surface area contributed by atoms with Gasteiger partial charge in [0.2, 0.25) is 0 Å². The summed E-state index contributed by atoms with van der Waals surface area (Å²) in [5.74, 6) is 0.889. The number of rotatable bonds is 4. The zero-order valence-corrected chi connectivity index (χ0v) is 18.8. The number of phenolic OH excluding ortho intramolecular Hbond substituents is 1. The van der Waals surface area contributed by atoms with Crippen LogP contribution in [0.5, 0.6) is 5.75 Å². The predicted octanol–water partition coefficient (Wildman–Crippen LogP) is 5.11. The lowest BCUT2D eigenvalue weighted by atomic mass is 10.0. The van der Waals surface area contributed by atoms with Crippen molar-refractivity contribution in [3.8, 4) is 11.6 Å². The molecule has 0 radical (unpaired) electrons. The molecule has 0 saturated carbocycles. The maximum absolute atomic E-state index is 10.7. The third-order valence-corrected chi connectivity index (χ3v) is 6.07. The number of nitrogens with zero attached hydrogens (tertiary/aromatic N) is 4. The van der Waals surface area contributed by atoms with Crippen LogP contribution in [0.3, 0.4) is 0 Å². The fourth-order valence-corrected chi connectivity index (χ4v) is 4.56. The fraction of sp³-hybridized carbons (Fsp3) is 0.125. The average Bonchev–Trinajstić information content (AvgIpc) is 3.41. The van der Waals surface area contributed by atoms with E-state index in [9.17, 15) is 5.11 Å². The first-order chi connectivity index (χ1) is 15.5. The van der Waals surface area contributed by atoms with E-state index in [2.05, 4.69) is 15.3 Å². The number of hydrogen-bond donors (Lipinski definition) is 2. The van der Waals surface area contributed by atoms with Crippen molar-refractivity contribution in [1.29, 1.82) is 0 Å². The zero-order valence-electron chi connectivity index (χ0n) is 17.2. The third kappa shape index (κ3) is 3.59. The number of benzene rings is 1. The Morgan fingerprint density at radius 1 is 1.06 bits per heavy atom. The van der Waals surface area contributed by atoms with Crippen LogP contribution in [-0.4, -0.2) is 24.8 Å². The van der Waals surface area contributed by atoms with Crippen molar-refractivity contribution in [2.24, 2.45) is 0 Å². The zero-order chi connectivity index (χ0) is 22.2. The van der Waals surface area contributed by atoms with Crippen LogP contribution < -0.4 is 10.2 Å². The molecule has 8 heteroatoms. The number of nitrogens with one attached hydrogen (secondary N) is 1. The first-order valence-electron chi connectivity index (χ1n) is 10.1. The quantitative estimate of drug-likeness (QED) is 0.411. The Balaban J connectivity index is 1.69. The molecule has 0 amide bonds. The monoisotopic (exact) mass is 461 g/mol. The smallest absolute Gasteiger partial charge is 0.174 e. The van der Waals surface area contributed by atoms with Gasteiger partial charge < -0.3 is 19.9 Å². The van der Waals surface area contributed by atoms with Crippen LogP contribution in [0, 0.1) is 6.92 Å². The van der Waals surface area contributed by atoms with Crippen LogP contribution in [0.15, 0.2) is 79.3 Å². The van der Waals surface area contributed by atoms with E-state index >= 15 is 0 Å². The summed E-state index contributed by atoms with van der Waals surface area (Å²) in [4.78, 5) is 11.1. The molecule has 0 unspecified atom stereocenters. The molecule has 6 nitrogen and oxygen atoms in total. The lowest BCUT2D eigenvalue weighted by Crippen LogP contribution is -2.30. The molecular weight excluding hydrogens is 442 g/mol. The van der Waals surface area contributed by atoms with Crippen molar-refractivity contribution in [1.82, 2.24) is 19.9 Å². The number of aromatic nitrogens is 3. The predicted molar refractivity (Wildman–Crippen MR) is 129 cm³/mol. The summed E-state index contributed by atoms with van der Waals surface area (Å²) in [5, 5.41) is 15.1. The van der Waals surface area contributed by atoms with Crippen LogP contribution in [-0.2, 0) is 0 Å². The minimum Gasteiger partial charge on any atom is -0.506 e. The van der Waals surface area contributed by atoms with Gasteiger partial charge in [0.05, 0.1) is 17.4 Å². The van der Waals surface area contributed by atoms with Crippen molar-refractivity contribution in [3.63, 3.8) is 0 Å². The van der Waals surface area contributed by atoms with Crippen molar-refractivity contribution in [3.05, 3.63) is 101 Å². The number of pyridine rings is 2. The molecule has 4 aromatic rings. The molecule has 32 heavy (non-hydrogen) atoms. The van der Waals surface area contributed by atoms with Crippen molar-refractivity contribution < 1.29 is 5.11 Å². The largest absolute Gasteiger partial charge is 0.506 e. The highest BCUT2D eigenvalue weighted by Crippen LogP contribution is 2.45. The summed E-state index contributed by atoms with van der Waals surface area (Å²) in [6.45, 7) is 2.01. The normalized spacial score (nSPS) is 18.1. The number of anilines is 1. The van der Waals surface area contributed by atoms with E-state index in [1.165, 1.54) is 0 Å². The topological polar surface area (TPSA) is 66.2 Å². The lowest BCUT2D eigenvalue weighted by Gasteiger charge is -2.29. The van der Waals surface area contributed by atoms with Gasteiger partial charge in [0.15, 0.2) is 5.11 Å². The van der Waals surface area contributed by atoms with Gasteiger partial charge in [0, 0.05) is 29.3 Å². The summed E-state index contributed by atoms with van der Waals surface area (Å²) >= 11 is 12.0. The molecule has 2 N–H and O–H groups in total. The Morgan fingerprint density at radius 3 is 2.69 bits per heavy atom. The Labute approximate surface area is 196 Å². The summed E-state index contributed by atoms with van der Waals surface area (Å²) in [6, 6.07) is 18.2. The molecule has 5 rings (SSSR count). The van der Waals surface area contributed by atoms with Gasteiger partial charge >= 0.3 is 0 Å². The van der Waals surface area contributed by atoms with Gasteiger partial charge in [-0.3, -0.25) is 4.98 Å². The molecule has 0 bridgehead atoms. The van der Waals surface area contributed by atoms with Gasteiger partial charge in [-0.05, 0) is 73.2 Å². The molecule has 1 saturated heterocycles. The summed E-state index contributed by atoms with van der Waals surface area (Å²) in [5.41, 5.74) is 3.41. The van der Waals surface area contributed by atoms with Crippen molar-refractivity contribution in [2.75, 3.05) is 4.90 Å². The number of hydrogen-bond acceptors (Lipinski definition) is 4. The van der Waals surface area contributed by atoms with Gasteiger partial charge in [-0.15, -0.1) is 0 Å². The first-order valence-corrected chi connectivity index (χ1v) is 10.9. The van der Waals surface area contributed by atoms with E-state index in [1.54, 1.807) is 24.4 Å². The highest BCUT2D eigenvalue weighted by molar-refractivity contribution is 7.80. The number of aryl methyl sites for hydroxylation is 1. The molecule has 2 atom stereocenters. The summed E-state index contributed by atoms with van der Waals surface area (Å²) < 4.78 is 2.03. The molecule has 1 aromatic carbocycles. The van der Waals surface area contributed by atoms with Gasteiger partial charge in [-0.2, -0.15) is 0 Å². The fourth-order valence-electron chi connectivity index (χ4n) is 4.05. The van der Waals surface area contributed by atoms with Gasteiger partial charge in [0.25, 0.3) is 0 Å². The van der Waals surface area contributed by atoms with E-state index in [0.29, 0.717) is 15.8 Å². The molecule has 0 spiro atoms. The maximum atomic E-state index is 10.7. The van der Waals surface area contributed by atoms with Crippen LogP contribution in [0.1, 0.15) is 29.0 Å². The summed E-state index contributed by atoms with van der Waals surface area (Å²) in [6.07, 6.45) is 5.57. The number of phenols is 1. The highest BCUT2D eigenvalue weighted by Gasteiger charge is 2.43. The molecule has 160 valence electrons. The van der Waals surface area contributed by atoms with Crippen molar-refractivity contribution in [2.45, 2.75) is 19.0 Å². The number of aromatic hydroxyl groups is 1. The highest BCUT2D eigenvalue weighted by atomic mass is 35.5. The third-order valence-electron chi connectivity index (χ3n) is 5.52. The Hall–Kier alpha value is -3.42. The van der Waals surface area contributed by atoms with Crippen molar-refractivity contribution >= 4 is 34.6 Å². The molecule has 1 fully saturated rings. The molecule has 1 aliphatic heterocycles. The minimum atomic E-state index is -0.306. The van der Waals surface area contributed by atoms with E-state index in [4.69, 9.17) is 23.8 Å². The second-order valence-electron chi connectivity index (χ2n) is 7.63. The number of halogens is 1. The first kappa shape index (κ1) is 20.5.